The molecule has 4 aromatic carbocycles. The number of hydrogen-bond donors (Lipinski definition) is 3. The van der Waals surface area contributed by atoms with E-state index in [1.807, 2.05) is 62.4 Å². The molecular formula is C30H29N3O5S2. The molecule has 0 aliphatic rings. The highest BCUT2D eigenvalue weighted by Gasteiger charge is 2.17. The fraction of sp³-hybridized carbons (Fsp3) is 0.133. The fourth-order valence-corrected chi connectivity index (χ4v) is 5.18. The molecule has 0 aromatic heterocycles. The smallest absolute Gasteiger partial charge is 0.261 e. The molecule has 0 radical (unpaired) electrons. The van der Waals surface area contributed by atoms with Gasteiger partial charge in [0.25, 0.3) is 15.9 Å². The molecule has 0 unspecified atom stereocenters. The van der Waals surface area contributed by atoms with E-state index >= 15 is 0 Å². The Kier molecular flexibility index (Phi) is 9.36. The molecule has 8 nitrogen and oxygen atoms in total. The van der Waals surface area contributed by atoms with E-state index in [-0.39, 0.29) is 10.0 Å². The number of benzene rings is 4. The van der Waals surface area contributed by atoms with Crippen LogP contribution in [-0.4, -0.2) is 32.7 Å². The van der Waals surface area contributed by atoms with E-state index < -0.39 is 15.9 Å². The molecule has 4 rings (SSSR count). The Morgan fingerprint density at radius 3 is 1.93 bits per heavy atom. The number of rotatable bonds is 10. The summed E-state index contributed by atoms with van der Waals surface area (Å²) in [5.74, 6) is 0.985. The van der Waals surface area contributed by atoms with Gasteiger partial charge in [-0.2, -0.15) is 0 Å². The van der Waals surface area contributed by atoms with Crippen molar-refractivity contribution in [2.24, 2.45) is 0 Å². The lowest BCUT2D eigenvalue weighted by atomic mass is 10.1. The van der Waals surface area contributed by atoms with E-state index in [2.05, 4.69) is 15.4 Å². The number of ether oxygens (including phenoxy) is 2. The van der Waals surface area contributed by atoms with Crippen LogP contribution < -0.4 is 24.8 Å². The number of carbonyl (C=O) groups excluding carboxylic acids is 1. The van der Waals surface area contributed by atoms with Gasteiger partial charge in [-0.15, -0.1) is 0 Å². The second-order valence-electron chi connectivity index (χ2n) is 8.84. The van der Waals surface area contributed by atoms with Crippen molar-refractivity contribution in [2.75, 3.05) is 23.3 Å². The summed E-state index contributed by atoms with van der Waals surface area (Å²) in [5, 5.41) is 5.59. The largest absolute Gasteiger partial charge is 0.490 e. The van der Waals surface area contributed by atoms with E-state index in [4.69, 9.17) is 21.7 Å². The topological polar surface area (TPSA) is 106 Å². The Balaban J connectivity index is 1.26. The summed E-state index contributed by atoms with van der Waals surface area (Å²) >= 11 is 5.26. The lowest BCUT2D eigenvalue weighted by Gasteiger charge is -2.14. The molecule has 0 saturated carbocycles. The van der Waals surface area contributed by atoms with Crippen molar-refractivity contribution in [3.63, 3.8) is 0 Å². The molecule has 3 N–H and O–H groups in total. The average molecular weight is 576 g/mol. The van der Waals surface area contributed by atoms with E-state index in [9.17, 15) is 13.2 Å². The number of anilines is 2. The lowest BCUT2D eigenvalue weighted by Crippen LogP contribution is -2.34. The molecule has 1 amide bonds. The van der Waals surface area contributed by atoms with Crippen LogP contribution in [-0.2, 0) is 10.0 Å². The SMILES string of the molecule is Cc1cccc(C)c1NS(=O)(=O)c1ccc(NC(=S)NC(=O)c2ccc(OCCOc3ccccc3)cc2)cc1. The maximum atomic E-state index is 12.9. The third kappa shape index (κ3) is 7.81. The van der Waals surface area contributed by atoms with Gasteiger partial charge in [-0.05, 0) is 97.9 Å². The van der Waals surface area contributed by atoms with Crippen LogP contribution >= 0.6 is 12.2 Å². The van der Waals surface area contributed by atoms with Crippen molar-refractivity contribution in [1.82, 2.24) is 5.32 Å². The number of nitrogens with one attached hydrogen (secondary N) is 3. The third-order valence-corrected chi connectivity index (χ3v) is 7.42. The van der Waals surface area contributed by atoms with Gasteiger partial charge in [-0.3, -0.25) is 14.8 Å². The van der Waals surface area contributed by atoms with Crippen LogP contribution in [0.25, 0.3) is 0 Å². The molecule has 0 spiro atoms. The van der Waals surface area contributed by atoms with Crippen LogP contribution in [0.4, 0.5) is 11.4 Å². The van der Waals surface area contributed by atoms with E-state index in [1.54, 1.807) is 36.4 Å². The highest BCUT2D eigenvalue weighted by atomic mass is 32.2. The van der Waals surface area contributed by atoms with E-state index in [1.165, 1.54) is 12.1 Å². The monoisotopic (exact) mass is 575 g/mol. The second-order valence-corrected chi connectivity index (χ2v) is 10.9. The van der Waals surface area contributed by atoms with Crippen molar-refractivity contribution in [1.29, 1.82) is 0 Å². The molecule has 0 bridgehead atoms. The zero-order valence-corrected chi connectivity index (χ0v) is 23.6. The first-order valence-corrected chi connectivity index (χ1v) is 14.3. The van der Waals surface area contributed by atoms with Crippen molar-refractivity contribution in [3.05, 3.63) is 114 Å². The summed E-state index contributed by atoms with van der Waals surface area (Å²) < 4.78 is 39.6. The predicted molar refractivity (Wildman–Crippen MR) is 161 cm³/mol. The van der Waals surface area contributed by atoms with Crippen LogP contribution in [0.15, 0.2) is 102 Å². The second kappa shape index (κ2) is 13.1. The first-order valence-electron chi connectivity index (χ1n) is 12.4. The van der Waals surface area contributed by atoms with Gasteiger partial charge in [-0.1, -0.05) is 36.4 Å². The molecule has 0 heterocycles. The van der Waals surface area contributed by atoms with Crippen LogP contribution in [0, 0.1) is 13.8 Å². The number of sulfonamides is 1. The Morgan fingerprint density at radius 1 is 0.750 bits per heavy atom. The van der Waals surface area contributed by atoms with Gasteiger partial charge in [0.05, 0.1) is 10.6 Å². The van der Waals surface area contributed by atoms with Crippen LogP contribution in [0.1, 0.15) is 21.5 Å². The van der Waals surface area contributed by atoms with Gasteiger partial charge < -0.3 is 14.8 Å². The Morgan fingerprint density at radius 2 is 1.32 bits per heavy atom. The Labute approximate surface area is 239 Å². The summed E-state index contributed by atoms with van der Waals surface area (Å²) in [4.78, 5) is 12.7. The summed E-state index contributed by atoms with van der Waals surface area (Å²) in [7, 11) is -3.78. The van der Waals surface area contributed by atoms with Crippen LogP contribution in [0.5, 0.6) is 11.5 Å². The van der Waals surface area contributed by atoms with Gasteiger partial charge in [0.1, 0.15) is 24.7 Å². The quantitative estimate of drug-likeness (QED) is 0.165. The van der Waals surface area contributed by atoms with Gasteiger partial charge in [0.2, 0.25) is 0 Å². The highest BCUT2D eigenvalue weighted by molar-refractivity contribution is 7.92. The van der Waals surface area contributed by atoms with E-state index in [0.717, 1.165) is 16.9 Å². The number of hydrogen-bond acceptors (Lipinski definition) is 6. The van der Waals surface area contributed by atoms with Gasteiger partial charge in [-0.25, -0.2) is 8.42 Å². The minimum absolute atomic E-state index is 0.0765. The maximum absolute atomic E-state index is 12.9. The molecule has 0 atom stereocenters. The van der Waals surface area contributed by atoms with Crippen LogP contribution in [0.2, 0.25) is 0 Å². The summed E-state index contributed by atoms with van der Waals surface area (Å²) in [6.07, 6.45) is 0. The zero-order valence-electron chi connectivity index (χ0n) is 22.0. The van der Waals surface area contributed by atoms with Gasteiger partial charge in [0.15, 0.2) is 5.11 Å². The lowest BCUT2D eigenvalue weighted by molar-refractivity contribution is 0.0977. The number of aryl methyl sites for hydroxylation is 2. The van der Waals surface area contributed by atoms with E-state index in [0.29, 0.717) is 35.9 Å². The molecule has 0 saturated heterocycles. The fourth-order valence-electron chi connectivity index (χ4n) is 3.76. The Bertz CT molecular complexity index is 1550. The summed E-state index contributed by atoms with van der Waals surface area (Å²) in [6.45, 7) is 4.44. The molecule has 10 heteroatoms. The minimum Gasteiger partial charge on any atom is -0.490 e. The summed E-state index contributed by atoms with van der Waals surface area (Å²) in [6, 6.07) is 27.8. The van der Waals surface area contributed by atoms with Gasteiger partial charge >= 0.3 is 0 Å². The maximum Gasteiger partial charge on any atom is 0.261 e. The molecule has 0 aliphatic heterocycles. The van der Waals surface area contributed by atoms with Crippen molar-refractivity contribution in [3.8, 4) is 11.5 Å². The standard InChI is InChI=1S/C30H29N3O5S2/c1-21-7-6-8-22(2)28(21)33-40(35,36)27-17-13-24(14-18-27)31-30(39)32-29(34)23-11-15-26(16-12-23)38-20-19-37-25-9-4-3-5-10-25/h3-18,33H,19-20H2,1-2H3,(H2,31,32,34,39). The minimum atomic E-state index is -3.78. The molecule has 40 heavy (non-hydrogen) atoms. The van der Waals surface area contributed by atoms with Crippen molar-refractivity contribution < 1.29 is 22.7 Å². The molecular weight excluding hydrogens is 546 g/mol. The Hall–Kier alpha value is -4.41. The molecule has 206 valence electrons. The van der Waals surface area contributed by atoms with Gasteiger partial charge in [0, 0.05) is 11.3 Å². The molecule has 0 fully saturated rings. The average Bonchev–Trinajstić information content (AvgIpc) is 2.94. The normalized spacial score (nSPS) is 10.8. The number of carbonyl (C=O) groups is 1. The first-order chi connectivity index (χ1) is 19.2. The van der Waals surface area contributed by atoms with Crippen molar-refractivity contribution in [2.45, 2.75) is 18.7 Å². The predicted octanol–water partition coefficient (Wildman–Crippen LogP) is 5.69. The number of thiocarbonyl (C=S) groups is 1. The molecule has 0 aliphatic carbocycles. The highest BCUT2D eigenvalue weighted by Crippen LogP contribution is 2.24. The summed E-state index contributed by atoms with van der Waals surface area (Å²) in [5.41, 5.74) is 3.15. The zero-order chi connectivity index (χ0) is 28.5. The number of amides is 1. The number of para-hydroxylation sites is 2. The first kappa shape index (κ1) is 28.6. The third-order valence-electron chi connectivity index (χ3n) is 5.85. The molecule has 4 aromatic rings. The van der Waals surface area contributed by atoms with Crippen molar-refractivity contribution >= 4 is 44.6 Å². The van der Waals surface area contributed by atoms with Crippen LogP contribution in [0.3, 0.4) is 0 Å².